The molecule has 0 unspecified atom stereocenters. The smallest absolute Gasteiger partial charge is 0.161 e. The maximum Gasteiger partial charge on any atom is 0.161 e. The zero-order chi connectivity index (χ0) is 16.6. The molecule has 0 aromatic heterocycles. The lowest BCUT2D eigenvalue weighted by Gasteiger charge is -2.00. The summed E-state index contributed by atoms with van der Waals surface area (Å²) in [5.41, 5.74) is 3.26. The summed E-state index contributed by atoms with van der Waals surface area (Å²) in [6.45, 7) is 14.6. The van der Waals surface area contributed by atoms with Crippen LogP contribution in [0.15, 0.2) is 41.6 Å². The molecule has 3 heteroatoms. The molecule has 0 aromatic rings. The highest BCUT2D eigenvalue weighted by Gasteiger charge is 1.90. The van der Waals surface area contributed by atoms with E-state index in [4.69, 9.17) is 4.74 Å². The van der Waals surface area contributed by atoms with Crippen LogP contribution in [0.3, 0.4) is 0 Å². The minimum atomic E-state index is 0.0547. The molecule has 0 fully saturated rings. The van der Waals surface area contributed by atoms with Gasteiger partial charge in [0.2, 0.25) is 0 Å². The first-order chi connectivity index (χ1) is 9.38. The van der Waals surface area contributed by atoms with Crippen molar-refractivity contribution < 1.29 is 9.84 Å². The summed E-state index contributed by atoms with van der Waals surface area (Å²) in [5, 5.41) is 9.23. The third-order valence-corrected chi connectivity index (χ3v) is 2.03. The molecule has 0 aromatic carbocycles. The van der Waals surface area contributed by atoms with Gasteiger partial charge in [-0.25, -0.2) is 0 Å². The molecule has 0 aliphatic heterocycles. The van der Waals surface area contributed by atoms with E-state index in [1.165, 1.54) is 0 Å². The Labute approximate surface area is 125 Å². The maximum absolute atomic E-state index is 9.23. The first kappa shape index (κ1) is 23.6. The van der Waals surface area contributed by atoms with Crippen LogP contribution in [-0.4, -0.2) is 37.8 Å². The average Bonchev–Trinajstić information content (AvgIpc) is 2.45. The van der Waals surface area contributed by atoms with Crippen molar-refractivity contribution in [2.45, 2.75) is 41.0 Å². The molecule has 0 aliphatic carbocycles. The number of rotatable bonds is 5. The SMILES string of the molecule is C=C(C)C(O)=C=CC(=CCC)OC.CC.CCN(C)C. The molecule has 20 heavy (non-hydrogen) atoms. The average molecular weight is 283 g/mol. The quantitative estimate of drug-likeness (QED) is 0.451. The van der Waals surface area contributed by atoms with E-state index in [-0.39, 0.29) is 5.76 Å². The summed E-state index contributed by atoms with van der Waals surface area (Å²) >= 11 is 0. The molecule has 0 aliphatic rings. The van der Waals surface area contributed by atoms with Gasteiger partial charge in [-0.2, -0.15) is 0 Å². The second-order valence-corrected chi connectivity index (χ2v) is 4.03. The lowest BCUT2D eigenvalue weighted by atomic mass is 10.3. The second-order valence-electron chi connectivity index (χ2n) is 4.03. The third-order valence-electron chi connectivity index (χ3n) is 2.03. The maximum atomic E-state index is 9.23. The van der Waals surface area contributed by atoms with E-state index in [0.717, 1.165) is 13.0 Å². The van der Waals surface area contributed by atoms with Crippen molar-refractivity contribution >= 4 is 0 Å². The molecule has 0 saturated carbocycles. The first-order valence-corrected chi connectivity index (χ1v) is 7.09. The lowest BCUT2D eigenvalue weighted by molar-refractivity contribution is 0.305. The Balaban J connectivity index is -0.000000346. The van der Waals surface area contributed by atoms with Crippen LogP contribution in [-0.2, 0) is 4.74 Å². The second kappa shape index (κ2) is 17.6. The molecular weight excluding hydrogens is 250 g/mol. The standard InChI is InChI=1S/C11H16O2.C4H11N.C2H6/c1-5-6-10(13-4)7-8-11(12)9(2)3;1-4-5(2)3;1-2/h6-7,12H,2,5H2,1,3-4H3;4H2,1-3H3;1-2H3. The molecule has 3 nitrogen and oxygen atoms in total. The van der Waals surface area contributed by atoms with Gasteiger partial charge in [-0.1, -0.05) is 40.0 Å². The first-order valence-electron chi connectivity index (χ1n) is 7.09. The molecule has 0 radical (unpaired) electrons. The van der Waals surface area contributed by atoms with Crippen molar-refractivity contribution in [1.82, 2.24) is 4.90 Å². The fourth-order valence-electron chi connectivity index (χ4n) is 0.665. The monoisotopic (exact) mass is 283 g/mol. The van der Waals surface area contributed by atoms with Crippen molar-refractivity contribution in [1.29, 1.82) is 0 Å². The molecule has 0 spiro atoms. The fraction of sp³-hybridized carbons (Fsp3) is 0.588. The highest BCUT2D eigenvalue weighted by atomic mass is 16.5. The van der Waals surface area contributed by atoms with Crippen LogP contribution in [0, 0.1) is 0 Å². The number of methoxy groups -OCH3 is 1. The van der Waals surface area contributed by atoms with Crippen molar-refractivity contribution in [3.63, 3.8) is 0 Å². The molecule has 0 amide bonds. The number of aliphatic hydroxyl groups excluding tert-OH is 1. The summed E-state index contributed by atoms with van der Waals surface area (Å²) in [6.07, 6.45) is 4.38. The zero-order valence-electron chi connectivity index (χ0n) is 14.6. The molecule has 0 heterocycles. The van der Waals surface area contributed by atoms with Crippen LogP contribution in [0.4, 0.5) is 0 Å². The summed E-state index contributed by atoms with van der Waals surface area (Å²) in [6, 6.07) is 0. The third kappa shape index (κ3) is 18.9. The molecule has 0 rings (SSSR count). The highest BCUT2D eigenvalue weighted by Crippen LogP contribution is 2.02. The van der Waals surface area contributed by atoms with Gasteiger partial charge in [0.1, 0.15) is 5.76 Å². The predicted octanol–water partition coefficient (Wildman–Crippen LogP) is 4.69. The molecular formula is C17H33NO2. The van der Waals surface area contributed by atoms with E-state index in [1.54, 1.807) is 20.1 Å². The van der Waals surface area contributed by atoms with Gasteiger partial charge >= 0.3 is 0 Å². The zero-order valence-corrected chi connectivity index (χ0v) is 14.6. The van der Waals surface area contributed by atoms with Crippen LogP contribution < -0.4 is 0 Å². The summed E-state index contributed by atoms with van der Waals surface area (Å²) < 4.78 is 5.01. The van der Waals surface area contributed by atoms with Gasteiger partial charge < -0.3 is 14.7 Å². The number of ether oxygens (including phenoxy) is 1. The van der Waals surface area contributed by atoms with Gasteiger partial charge in [0.25, 0.3) is 0 Å². The topological polar surface area (TPSA) is 32.7 Å². The Kier molecular flexibility index (Phi) is 20.8. The Morgan fingerprint density at radius 1 is 1.30 bits per heavy atom. The lowest BCUT2D eigenvalue weighted by Crippen LogP contribution is -2.08. The number of allylic oxidation sites excluding steroid dienone is 2. The van der Waals surface area contributed by atoms with E-state index < -0.39 is 0 Å². The van der Waals surface area contributed by atoms with Gasteiger partial charge in [-0.15, -0.1) is 0 Å². The Hall–Kier alpha value is -1.44. The van der Waals surface area contributed by atoms with Crippen molar-refractivity contribution in [2.75, 3.05) is 27.7 Å². The van der Waals surface area contributed by atoms with Crippen molar-refractivity contribution in [3.8, 4) is 0 Å². The summed E-state index contributed by atoms with van der Waals surface area (Å²) in [4.78, 5) is 2.12. The largest absolute Gasteiger partial charge is 0.501 e. The van der Waals surface area contributed by atoms with E-state index in [2.05, 4.69) is 38.2 Å². The number of aliphatic hydroxyl groups is 1. The molecule has 0 bridgehead atoms. The van der Waals surface area contributed by atoms with Gasteiger partial charge in [-0.3, -0.25) is 0 Å². The molecule has 0 saturated heterocycles. The Morgan fingerprint density at radius 3 is 2.00 bits per heavy atom. The Bertz CT molecular complexity index is 322. The van der Waals surface area contributed by atoms with Crippen LogP contribution in [0.5, 0.6) is 0 Å². The summed E-state index contributed by atoms with van der Waals surface area (Å²) in [5.74, 6) is 0.745. The van der Waals surface area contributed by atoms with Gasteiger partial charge in [0.15, 0.2) is 5.76 Å². The van der Waals surface area contributed by atoms with Gasteiger partial charge in [0, 0.05) is 6.08 Å². The van der Waals surface area contributed by atoms with Gasteiger partial charge in [0.05, 0.1) is 7.11 Å². The minimum Gasteiger partial charge on any atom is -0.501 e. The molecule has 0 atom stereocenters. The minimum absolute atomic E-state index is 0.0547. The van der Waals surface area contributed by atoms with Gasteiger partial charge in [-0.05, 0) is 45.6 Å². The van der Waals surface area contributed by atoms with E-state index >= 15 is 0 Å². The number of nitrogens with zero attached hydrogens (tertiary/aromatic N) is 1. The van der Waals surface area contributed by atoms with Crippen LogP contribution >= 0.6 is 0 Å². The molecule has 118 valence electrons. The van der Waals surface area contributed by atoms with E-state index in [1.807, 2.05) is 26.8 Å². The number of hydrogen-bond donors (Lipinski definition) is 1. The fourth-order valence-corrected chi connectivity index (χ4v) is 0.665. The Morgan fingerprint density at radius 2 is 1.75 bits per heavy atom. The highest BCUT2D eigenvalue weighted by molar-refractivity contribution is 5.21. The van der Waals surface area contributed by atoms with Crippen molar-refractivity contribution in [3.05, 3.63) is 41.6 Å². The normalized spacial score (nSPS) is 9.35. The van der Waals surface area contributed by atoms with Crippen LogP contribution in [0.1, 0.15) is 41.0 Å². The van der Waals surface area contributed by atoms with Crippen LogP contribution in [0.25, 0.3) is 0 Å². The number of hydrogen-bond acceptors (Lipinski definition) is 3. The predicted molar refractivity (Wildman–Crippen MR) is 90.0 cm³/mol. The van der Waals surface area contributed by atoms with Crippen LogP contribution in [0.2, 0.25) is 0 Å². The summed E-state index contributed by atoms with van der Waals surface area (Å²) in [7, 11) is 5.69. The van der Waals surface area contributed by atoms with E-state index in [9.17, 15) is 5.11 Å². The molecule has 1 N–H and O–H groups in total. The van der Waals surface area contributed by atoms with Crippen molar-refractivity contribution in [2.24, 2.45) is 0 Å². The van der Waals surface area contributed by atoms with E-state index in [0.29, 0.717) is 11.3 Å².